The summed E-state index contributed by atoms with van der Waals surface area (Å²) < 4.78 is 7.90. The minimum absolute atomic E-state index is 0.124. The fraction of sp³-hybridized carbons (Fsp3) is 0.769. The lowest BCUT2D eigenvalue weighted by Gasteiger charge is -2.36. The summed E-state index contributed by atoms with van der Waals surface area (Å²) in [5, 5.41) is 0. The van der Waals surface area contributed by atoms with Crippen molar-refractivity contribution in [2.75, 3.05) is 6.61 Å². The average Bonchev–Trinajstić information content (AvgIpc) is 2.76. The van der Waals surface area contributed by atoms with Crippen LogP contribution in [-0.4, -0.2) is 27.8 Å². The van der Waals surface area contributed by atoms with E-state index in [-0.39, 0.29) is 11.6 Å². The van der Waals surface area contributed by atoms with Gasteiger partial charge in [-0.25, -0.2) is 4.98 Å². The van der Waals surface area contributed by atoms with Crippen molar-refractivity contribution >= 4 is 0 Å². The summed E-state index contributed by atoms with van der Waals surface area (Å²) in [5.74, 6) is 6.76. The third-order valence-electron chi connectivity index (χ3n) is 3.69. The topological polar surface area (TPSA) is 65.1 Å². The number of aryl methyl sites for hydroxylation is 2. The van der Waals surface area contributed by atoms with Gasteiger partial charge in [0, 0.05) is 32.5 Å². The van der Waals surface area contributed by atoms with E-state index in [0.717, 1.165) is 25.1 Å². The van der Waals surface area contributed by atoms with Crippen molar-refractivity contribution < 1.29 is 4.74 Å². The van der Waals surface area contributed by atoms with Gasteiger partial charge >= 0.3 is 0 Å². The minimum atomic E-state index is -0.228. The van der Waals surface area contributed by atoms with Crippen LogP contribution in [0.3, 0.4) is 0 Å². The summed E-state index contributed by atoms with van der Waals surface area (Å²) in [7, 11) is 2.01. The second-order valence-corrected chi connectivity index (χ2v) is 4.81. The highest BCUT2D eigenvalue weighted by Gasteiger charge is 2.32. The molecule has 1 rings (SSSR count). The van der Waals surface area contributed by atoms with Crippen LogP contribution in [0.15, 0.2) is 12.4 Å². The molecule has 0 fully saturated rings. The van der Waals surface area contributed by atoms with Gasteiger partial charge in [0.15, 0.2) is 0 Å². The molecule has 1 aromatic heterocycles. The summed E-state index contributed by atoms with van der Waals surface area (Å²) in [6.45, 7) is 6.95. The van der Waals surface area contributed by atoms with E-state index in [1.165, 1.54) is 0 Å². The molecule has 1 aromatic rings. The van der Waals surface area contributed by atoms with Crippen molar-refractivity contribution in [3.63, 3.8) is 0 Å². The third-order valence-corrected chi connectivity index (χ3v) is 3.69. The van der Waals surface area contributed by atoms with E-state index in [4.69, 9.17) is 10.6 Å². The Morgan fingerprint density at radius 2 is 2.28 bits per heavy atom. The minimum Gasteiger partial charge on any atom is -0.374 e. The van der Waals surface area contributed by atoms with Crippen molar-refractivity contribution in [3.8, 4) is 0 Å². The van der Waals surface area contributed by atoms with Gasteiger partial charge < -0.3 is 9.30 Å². The van der Waals surface area contributed by atoms with Gasteiger partial charge in [-0.15, -0.1) is 0 Å². The lowest BCUT2D eigenvalue weighted by molar-refractivity contribution is -0.0570. The van der Waals surface area contributed by atoms with E-state index in [9.17, 15) is 0 Å². The predicted molar refractivity (Wildman–Crippen MR) is 73.0 cm³/mol. The number of nitrogens with one attached hydrogen (secondary N) is 1. The van der Waals surface area contributed by atoms with Crippen LogP contribution in [-0.2, 0) is 18.2 Å². The van der Waals surface area contributed by atoms with Crippen molar-refractivity contribution in [2.45, 2.75) is 51.7 Å². The summed E-state index contributed by atoms with van der Waals surface area (Å²) in [4.78, 5) is 4.33. The van der Waals surface area contributed by atoms with Gasteiger partial charge in [-0.2, -0.15) is 0 Å². The van der Waals surface area contributed by atoms with Crippen molar-refractivity contribution in [3.05, 3.63) is 18.2 Å². The molecule has 0 amide bonds. The SMILES string of the molecule is CCOC(C)(CC)C(CCc1nccn1C)NN. The normalized spacial score (nSPS) is 16.5. The Kier molecular flexibility index (Phi) is 5.78. The molecule has 0 aliphatic rings. The summed E-state index contributed by atoms with van der Waals surface area (Å²) >= 11 is 0. The summed E-state index contributed by atoms with van der Waals surface area (Å²) in [5.41, 5.74) is 2.67. The van der Waals surface area contributed by atoms with Gasteiger partial charge in [-0.3, -0.25) is 11.3 Å². The molecule has 0 saturated carbocycles. The number of rotatable bonds is 8. The van der Waals surface area contributed by atoms with Gasteiger partial charge in [-0.1, -0.05) is 6.92 Å². The molecule has 18 heavy (non-hydrogen) atoms. The zero-order valence-corrected chi connectivity index (χ0v) is 11.9. The van der Waals surface area contributed by atoms with Crippen LogP contribution in [0.1, 0.15) is 39.4 Å². The predicted octanol–water partition coefficient (Wildman–Crippen LogP) is 1.39. The molecule has 0 aliphatic carbocycles. The van der Waals surface area contributed by atoms with Crippen molar-refractivity contribution in [1.82, 2.24) is 15.0 Å². The Hall–Kier alpha value is -0.910. The van der Waals surface area contributed by atoms with Gasteiger partial charge in [0.2, 0.25) is 0 Å². The average molecular weight is 254 g/mol. The van der Waals surface area contributed by atoms with Crippen LogP contribution in [0, 0.1) is 0 Å². The number of nitrogens with two attached hydrogens (primary N) is 1. The fourth-order valence-electron chi connectivity index (χ4n) is 2.25. The molecule has 2 unspecified atom stereocenters. The summed E-state index contributed by atoms with van der Waals surface area (Å²) in [6, 6.07) is 0.124. The zero-order chi connectivity index (χ0) is 13.6. The van der Waals surface area contributed by atoms with E-state index in [1.807, 2.05) is 30.9 Å². The molecule has 0 aromatic carbocycles. The first-order valence-corrected chi connectivity index (χ1v) is 6.63. The first-order chi connectivity index (χ1) is 8.57. The van der Waals surface area contributed by atoms with Crippen LogP contribution in [0.5, 0.6) is 0 Å². The van der Waals surface area contributed by atoms with E-state index >= 15 is 0 Å². The molecular formula is C13H26N4O. The molecule has 5 nitrogen and oxygen atoms in total. The molecule has 3 N–H and O–H groups in total. The third kappa shape index (κ3) is 3.54. The Bertz CT molecular complexity index is 353. The standard InChI is InChI=1S/C13H26N4O/c1-5-13(3,18-6-2)11(16-14)7-8-12-15-9-10-17(12)4/h9-11,16H,5-8,14H2,1-4H3. The van der Waals surface area contributed by atoms with Crippen molar-refractivity contribution in [2.24, 2.45) is 12.9 Å². The molecule has 104 valence electrons. The molecule has 0 aliphatic heterocycles. The second-order valence-electron chi connectivity index (χ2n) is 4.81. The first-order valence-electron chi connectivity index (χ1n) is 6.63. The number of hydrazine groups is 1. The van der Waals surface area contributed by atoms with Gasteiger partial charge in [0.1, 0.15) is 5.82 Å². The zero-order valence-electron chi connectivity index (χ0n) is 11.9. The lowest BCUT2D eigenvalue weighted by Crippen LogP contribution is -2.53. The Morgan fingerprint density at radius 3 is 2.72 bits per heavy atom. The van der Waals surface area contributed by atoms with E-state index in [2.05, 4.69) is 24.3 Å². The molecule has 2 atom stereocenters. The first kappa shape index (κ1) is 15.1. The summed E-state index contributed by atoms with van der Waals surface area (Å²) in [6.07, 6.45) is 6.51. The molecule has 0 spiro atoms. The Balaban J connectivity index is 2.63. The monoisotopic (exact) mass is 254 g/mol. The van der Waals surface area contributed by atoms with Crippen LogP contribution < -0.4 is 11.3 Å². The van der Waals surface area contributed by atoms with Crippen LogP contribution in [0.2, 0.25) is 0 Å². The number of ether oxygens (including phenoxy) is 1. The Labute approximate surface area is 110 Å². The van der Waals surface area contributed by atoms with E-state index in [1.54, 1.807) is 0 Å². The maximum Gasteiger partial charge on any atom is 0.108 e. The molecule has 0 bridgehead atoms. The number of hydrogen-bond donors (Lipinski definition) is 2. The van der Waals surface area contributed by atoms with E-state index in [0.29, 0.717) is 6.61 Å². The van der Waals surface area contributed by atoms with Crippen LogP contribution >= 0.6 is 0 Å². The maximum absolute atomic E-state index is 5.86. The molecule has 0 saturated heterocycles. The highest BCUT2D eigenvalue weighted by molar-refractivity contribution is 4.95. The fourth-order valence-corrected chi connectivity index (χ4v) is 2.25. The Morgan fingerprint density at radius 1 is 1.56 bits per heavy atom. The quantitative estimate of drug-likeness (QED) is 0.543. The van der Waals surface area contributed by atoms with Crippen LogP contribution in [0.4, 0.5) is 0 Å². The van der Waals surface area contributed by atoms with Gasteiger partial charge in [-0.05, 0) is 26.7 Å². The lowest BCUT2D eigenvalue weighted by atomic mass is 9.90. The molecule has 0 radical (unpaired) electrons. The number of hydrogen-bond acceptors (Lipinski definition) is 4. The molecular weight excluding hydrogens is 228 g/mol. The highest BCUT2D eigenvalue weighted by Crippen LogP contribution is 2.23. The highest BCUT2D eigenvalue weighted by atomic mass is 16.5. The smallest absolute Gasteiger partial charge is 0.108 e. The molecule has 5 heteroatoms. The number of aromatic nitrogens is 2. The van der Waals surface area contributed by atoms with Gasteiger partial charge in [0.25, 0.3) is 0 Å². The number of imidazole rings is 1. The molecule has 1 heterocycles. The van der Waals surface area contributed by atoms with Gasteiger partial charge in [0.05, 0.1) is 11.6 Å². The van der Waals surface area contributed by atoms with Crippen molar-refractivity contribution in [1.29, 1.82) is 0 Å². The number of nitrogens with zero attached hydrogens (tertiary/aromatic N) is 2. The maximum atomic E-state index is 5.86. The second kappa shape index (κ2) is 6.87. The largest absolute Gasteiger partial charge is 0.374 e. The van der Waals surface area contributed by atoms with Crippen LogP contribution in [0.25, 0.3) is 0 Å². The van der Waals surface area contributed by atoms with E-state index < -0.39 is 0 Å².